The molecular formula is C47H32N2O. The number of aromatic nitrogens is 1. The number of benzene rings is 7. The number of nitrogens with zero attached hydrogens (tertiary/aromatic N) is 2. The van der Waals surface area contributed by atoms with Crippen molar-refractivity contribution in [1.29, 1.82) is 0 Å². The Kier molecular flexibility index (Phi) is 7.49. The first-order chi connectivity index (χ1) is 24.8. The van der Waals surface area contributed by atoms with Gasteiger partial charge in [0.2, 0.25) is 0 Å². The van der Waals surface area contributed by atoms with Gasteiger partial charge in [0.1, 0.15) is 11.2 Å². The molecule has 0 unspecified atom stereocenters. The number of hydrogen-bond acceptors (Lipinski definition) is 3. The molecule has 0 saturated carbocycles. The van der Waals surface area contributed by atoms with Crippen LogP contribution in [0.2, 0.25) is 0 Å². The Bertz CT molecular complexity index is 2470. The number of furan rings is 1. The average Bonchev–Trinajstić information content (AvgIpc) is 3.59. The van der Waals surface area contributed by atoms with Crippen LogP contribution in [0, 0.1) is 0 Å². The highest BCUT2D eigenvalue weighted by molar-refractivity contribution is 6.09. The third-order valence-corrected chi connectivity index (χ3v) is 9.34. The number of fused-ring (bicyclic) bond motifs is 3. The van der Waals surface area contributed by atoms with Gasteiger partial charge in [-0.1, -0.05) is 140 Å². The summed E-state index contributed by atoms with van der Waals surface area (Å²) in [5, 5.41) is 2.26. The van der Waals surface area contributed by atoms with E-state index in [-0.39, 0.29) is 0 Å². The second-order valence-electron chi connectivity index (χ2n) is 12.4. The minimum Gasteiger partial charge on any atom is -0.455 e. The zero-order valence-corrected chi connectivity index (χ0v) is 27.3. The van der Waals surface area contributed by atoms with Crippen LogP contribution in [0.1, 0.15) is 0 Å². The summed E-state index contributed by atoms with van der Waals surface area (Å²) in [4.78, 5) is 7.28. The van der Waals surface area contributed by atoms with Gasteiger partial charge in [-0.15, -0.1) is 0 Å². The van der Waals surface area contributed by atoms with Crippen molar-refractivity contribution in [2.45, 2.75) is 0 Å². The summed E-state index contributed by atoms with van der Waals surface area (Å²) >= 11 is 0. The maximum Gasteiger partial charge on any atom is 0.143 e. The lowest BCUT2D eigenvalue weighted by Gasteiger charge is -2.26. The summed E-state index contributed by atoms with van der Waals surface area (Å²) in [6.45, 7) is 0. The van der Waals surface area contributed by atoms with Gasteiger partial charge < -0.3 is 9.32 Å². The quantitative estimate of drug-likeness (QED) is 0.174. The molecule has 50 heavy (non-hydrogen) atoms. The van der Waals surface area contributed by atoms with Crippen molar-refractivity contribution < 1.29 is 4.42 Å². The summed E-state index contributed by atoms with van der Waals surface area (Å²) in [7, 11) is 0. The minimum absolute atomic E-state index is 0.900. The first-order valence-electron chi connectivity index (χ1n) is 16.9. The van der Waals surface area contributed by atoms with Crippen LogP contribution in [-0.4, -0.2) is 4.98 Å². The number of hydrogen-bond donors (Lipinski definition) is 0. The molecule has 0 fully saturated rings. The molecule has 9 aromatic rings. The van der Waals surface area contributed by atoms with Crippen LogP contribution in [0.25, 0.3) is 66.6 Å². The highest BCUT2D eigenvalue weighted by Gasteiger charge is 2.16. The smallest absolute Gasteiger partial charge is 0.143 e. The molecule has 0 saturated heterocycles. The normalized spacial score (nSPS) is 11.2. The Morgan fingerprint density at radius 2 is 0.900 bits per heavy atom. The van der Waals surface area contributed by atoms with Gasteiger partial charge in [0.05, 0.1) is 17.6 Å². The van der Waals surface area contributed by atoms with Crippen LogP contribution >= 0.6 is 0 Å². The lowest BCUT2D eigenvalue weighted by atomic mass is 9.99. The highest BCUT2D eigenvalue weighted by Crippen LogP contribution is 2.39. The van der Waals surface area contributed by atoms with E-state index in [4.69, 9.17) is 9.40 Å². The standard InChI is InChI=1S/C47H32N2O/c1-3-11-33(12-4-1)35-21-25-39(26-22-35)49(40-27-23-36(24-28-40)34-13-5-2-6-14-34)41-29-30-45(48-32-41)38-16-9-15-37(31-38)42-18-10-19-44-43-17-7-8-20-46(43)50-47(42)44/h1-32H. The van der Waals surface area contributed by atoms with Crippen LogP contribution in [0.4, 0.5) is 17.1 Å². The fraction of sp³-hybridized carbons (Fsp3) is 0. The van der Waals surface area contributed by atoms with E-state index in [1.807, 2.05) is 30.5 Å². The Labute approximate surface area is 291 Å². The van der Waals surface area contributed by atoms with Crippen LogP contribution in [-0.2, 0) is 0 Å². The van der Waals surface area contributed by atoms with E-state index < -0.39 is 0 Å². The van der Waals surface area contributed by atoms with E-state index in [9.17, 15) is 0 Å². The maximum atomic E-state index is 6.35. The summed E-state index contributed by atoms with van der Waals surface area (Å²) in [6.07, 6.45) is 1.97. The zero-order valence-electron chi connectivity index (χ0n) is 27.3. The Balaban J connectivity index is 1.07. The van der Waals surface area contributed by atoms with E-state index in [0.29, 0.717) is 0 Å². The van der Waals surface area contributed by atoms with Crippen molar-refractivity contribution >= 4 is 39.0 Å². The molecule has 0 atom stereocenters. The number of para-hydroxylation sites is 2. The molecule has 2 aromatic heterocycles. The number of rotatable bonds is 7. The summed E-state index contributed by atoms with van der Waals surface area (Å²) in [6, 6.07) is 65.8. The van der Waals surface area contributed by atoms with E-state index in [2.05, 4.69) is 169 Å². The van der Waals surface area contributed by atoms with Gasteiger partial charge in [-0.3, -0.25) is 4.98 Å². The molecule has 7 aromatic carbocycles. The van der Waals surface area contributed by atoms with Gasteiger partial charge in [-0.2, -0.15) is 0 Å². The predicted octanol–water partition coefficient (Wildman–Crippen LogP) is 13.1. The fourth-order valence-electron chi connectivity index (χ4n) is 6.82. The lowest BCUT2D eigenvalue weighted by Crippen LogP contribution is -2.10. The third kappa shape index (κ3) is 5.51. The second kappa shape index (κ2) is 12.7. The van der Waals surface area contributed by atoms with Crippen molar-refractivity contribution in [2.24, 2.45) is 0 Å². The molecule has 0 aliphatic rings. The largest absolute Gasteiger partial charge is 0.455 e. The Morgan fingerprint density at radius 3 is 1.54 bits per heavy atom. The van der Waals surface area contributed by atoms with Crippen LogP contribution in [0.5, 0.6) is 0 Å². The molecule has 0 aliphatic heterocycles. The zero-order chi connectivity index (χ0) is 33.3. The Morgan fingerprint density at radius 1 is 0.380 bits per heavy atom. The molecule has 0 radical (unpaired) electrons. The lowest BCUT2D eigenvalue weighted by molar-refractivity contribution is 0.670. The third-order valence-electron chi connectivity index (χ3n) is 9.34. The predicted molar refractivity (Wildman–Crippen MR) is 208 cm³/mol. The highest BCUT2D eigenvalue weighted by atomic mass is 16.3. The molecule has 0 spiro atoms. The molecule has 236 valence electrons. The maximum absolute atomic E-state index is 6.35. The van der Waals surface area contributed by atoms with Gasteiger partial charge in [-0.05, 0) is 76.3 Å². The molecule has 0 N–H and O–H groups in total. The van der Waals surface area contributed by atoms with E-state index >= 15 is 0 Å². The average molecular weight is 641 g/mol. The van der Waals surface area contributed by atoms with Gasteiger partial charge >= 0.3 is 0 Å². The molecule has 2 heterocycles. The van der Waals surface area contributed by atoms with Crippen molar-refractivity contribution in [3.8, 4) is 44.6 Å². The molecule has 0 bridgehead atoms. The van der Waals surface area contributed by atoms with Crippen molar-refractivity contribution in [3.63, 3.8) is 0 Å². The van der Waals surface area contributed by atoms with Crippen LogP contribution in [0.15, 0.2) is 199 Å². The van der Waals surface area contributed by atoms with Gasteiger partial charge in [0.15, 0.2) is 0 Å². The molecule has 0 amide bonds. The molecule has 3 nitrogen and oxygen atoms in total. The van der Waals surface area contributed by atoms with E-state index in [1.165, 1.54) is 22.3 Å². The monoisotopic (exact) mass is 640 g/mol. The first kappa shape index (κ1) is 29.4. The van der Waals surface area contributed by atoms with Gasteiger partial charge in [0.25, 0.3) is 0 Å². The number of anilines is 3. The van der Waals surface area contributed by atoms with Crippen molar-refractivity contribution in [1.82, 2.24) is 4.98 Å². The van der Waals surface area contributed by atoms with Crippen molar-refractivity contribution in [3.05, 3.63) is 194 Å². The SMILES string of the molecule is c1ccc(-c2ccc(N(c3ccc(-c4ccccc4)cc3)c3ccc(-c4cccc(-c5cccc6c5oc5ccccc56)c4)nc3)cc2)cc1. The molecule has 0 aliphatic carbocycles. The topological polar surface area (TPSA) is 29.3 Å². The minimum atomic E-state index is 0.900. The summed E-state index contributed by atoms with van der Waals surface area (Å²) in [5.74, 6) is 0. The molecule has 9 rings (SSSR count). The summed E-state index contributed by atoms with van der Waals surface area (Å²) in [5.41, 5.74) is 13.8. The van der Waals surface area contributed by atoms with E-state index in [0.717, 1.165) is 61.4 Å². The number of pyridine rings is 1. The van der Waals surface area contributed by atoms with Gasteiger partial charge in [0, 0.05) is 33.3 Å². The Hall–Kier alpha value is -6.71. The van der Waals surface area contributed by atoms with Crippen LogP contribution in [0.3, 0.4) is 0 Å². The fourth-order valence-corrected chi connectivity index (χ4v) is 6.82. The summed E-state index contributed by atoms with van der Waals surface area (Å²) < 4.78 is 6.35. The van der Waals surface area contributed by atoms with Gasteiger partial charge in [-0.25, -0.2) is 0 Å². The molecule has 3 heteroatoms. The second-order valence-corrected chi connectivity index (χ2v) is 12.4. The molecular weight excluding hydrogens is 609 g/mol. The van der Waals surface area contributed by atoms with Crippen molar-refractivity contribution in [2.75, 3.05) is 4.90 Å². The van der Waals surface area contributed by atoms with Crippen LogP contribution < -0.4 is 4.90 Å². The van der Waals surface area contributed by atoms with E-state index in [1.54, 1.807) is 0 Å². The first-order valence-corrected chi connectivity index (χ1v) is 16.9.